The van der Waals surface area contributed by atoms with Gasteiger partial charge in [0, 0.05) is 21.2 Å². The molecule has 8 nitrogen and oxygen atoms in total. The molecule has 0 aromatic heterocycles. The normalized spacial score (nSPS) is 11.7. The minimum atomic E-state index is -1.15. The van der Waals surface area contributed by atoms with Crippen molar-refractivity contribution in [3.8, 4) is 0 Å². The summed E-state index contributed by atoms with van der Waals surface area (Å²) in [4.78, 5) is 52.4. The second-order valence-corrected chi connectivity index (χ2v) is 12.3. The molecule has 0 aliphatic rings. The lowest BCUT2D eigenvalue weighted by Gasteiger charge is -2.18. The molecule has 0 spiro atoms. The van der Waals surface area contributed by atoms with Crippen molar-refractivity contribution >= 4 is 76.1 Å². The van der Waals surface area contributed by atoms with Gasteiger partial charge >= 0.3 is 5.97 Å². The number of benzene rings is 5. The van der Waals surface area contributed by atoms with Crippen molar-refractivity contribution in [3.05, 3.63) is 165 Å². The maximum Gasteiger partial charge on any atom is 0.335 e. The molecular weight excluding hydrogens is 669 g/mol. The fourth-order valence-electron chi connectivity index (χ4n) is 4.52. The van der Waals surface area contributed by atoms with Crippen molar-refractivity contribution in [2.45, 2.75) is 10.1 Å². The summed E-state index contributed by atoms with van der Waals surface area (Å²) in [6, 6.07) is 35.5. The maximum atomic E-state index is 13.7. The van der Waals surface area contributed by atoms with Crippen LogP contribution in [0, 0.1) is 0 Å². The van der Waals surface area contributed by atoms with Gasteiger partial charge in [0.25, 0.3) is 11.8 Å². The third-order valence-electron chi connectivity index (χ3n) is 6.89. The van der Waals surface area contributed by atoms with Crippen LogP contribution in [-0.2, 0) is 9.59 Å². The molecule has 0 aliphatic carbocycles. The number of rotatable bonds is 11. The molecule has 4 N–H and O–H groups in total. The Bertz CT molecular complexity index is 2010. The first-order chi connectivity index (χ1) is 23.2. The van der Waals surface area contributed by atoms with Crippen molar-refractivity contribution in [3.63, 3.8) is 0 Å². The molecule has 48 heavy (non-hydrogen) atoms. The van der Waals surface area contributed by atoms with E-state index in [1.165, 1.54) is 36.0 Å². The first-order valence-electron chi connectivity index (χ1n) is 14.5. The number of carbonyl (C=O) groups is 4. The average molecular weight is 697 g/mol. The summed E-state index contributed by atoms with van der Waals surface area (Å²) in [5.41, 5.74) is 2.12. The lowest BCUT2D eigenvalue weighted by Crippen LogP contribution is -2.30. The molecular formula is C37H27Cl2N3O5S. The van der Waals surface area contributed by atoms with Gasteiger partial charge in [0.15, 0.2) is 0 Å². The van der Waals surface area contributed by atoms with Crippen LogP contribution in [0.4, 0.5) is 11.4 Å². The summed E-state index contributed by atoms with van der Waals surface area (Å²) < 4.78 is 0. The molecule has 1 unspecified atom stereocenters. The number of carbonyl (C=O) groups excluding carboxylic acids is 3. The summed E-state index contributed by atoms with van der Waals surface area (Å²) in [6.45, 7) is 0. The smallest absolute Gasteiger partial charge is 0.335 e. The van der Waals surface area contributed by atoms with E-state index in [9.17, 15) is 24.3 Å². The molecule has 5 aromatic rings. The van der Waals surface area contributed by atoms with Gasteiger partial charge in [0.1, 0.15) is 10.9 Å². The molecule has 0 bridgehead atoms. The number of aromatic carboxylic acids is 1. The number of thioether (sulfide) groups is 1. The van der Waals surface area contributed by atoms with Gasteiger partial charge in [-0.05, 0) is 71.8 Å². The molecule has 1 atom stereocenters. The highest BCUT2D eigenvalue weighted by atomic mass is 35.5. The molecule has 5 rings (SSSR count). The first kappa shape index (κ1) is 34.0. The van der Waals surface area contributed by atoms with E-state index in [1.54, 1.807) is 103 Å². The van der Waals surface area contributed by atoms with Crippen molar-refractivity contribution in [2.24, 2.45) is 0 Å². The zero-order valence-corrected chi connectivity index (χ0v) is 27.4. The van der Waals surface area contributed by atoms with E-state index in [0.717, 1.165) is 0 Å². The Morgan fingerprint density at radius 1 is 0.688 bits per heavy atom. The quantitative estimate of drug-likeness (QED) is 0.0811. The predicted molar refractivity (Wildman–Crippen MR) is 190 cm³/mol. The van der Waals surface area contributed by atoms with E-state index in [-0.39, 0.29) is 22.0 Å². The van der Waals surface area contributed by atoms with Gasteiger partial charge in [-0.15, -0.1) is 11.8 Å². The van der Waals surface area contributed by atoms with Crippen LogP contribution in [0.15, 0.2) is 138 Å². The van der Waals surface area contributed by atoms with E-state index in [0.29, 0.717) is 32.3 Å². The molecule has 0 aliphatic heterocycles. The topological polar surface area (TPSA) is 125 Å². The number of carboxylic acid groups (broad SMARTS) is 1. The SMILES string of the molecule is O=C(Nc1cccc(SC(C(=O)Nc2cc(C(=O)O)ccc2Cl)c2ccccc2)c1)/C(=C\c1ccccc1Cl)NC(=O)c1ccccc1. The van der Waals surface area contributed by atoms with Crippen LogP contribution < -0.4 is 16.0 Å². The van der Waals surface area contributed by atoms with Gasteiger partial charge in [-0.25, -0.2) is 4.79 Å². The van der Waals surface area contributed by atoms with E-state index < -0.39 is 28.9 Å². The van der Waals surface area contributed by atoms with Gasteiger partial charge in [0.2, 0.25) is 5.91 Å². The fourth-order valence-corrected chi connectivity index (χ4v) is 5.96. The van der Waals surface area contributed by atoms with Crippen LogP contribution in [0.5, 0.6) is 0 Å². The second-order valence-electron chi connectivity index (χ2n) is 10.3. The number of hydrogen-bond acceptors (Lipinski definition) is 5. The summed E-state index contributed by atoms with van der Waals surface area (Å²) >= 11 is 13.9. The van der Waals surface area contributed by atoms with Crippen molar-refractivity contribution in [1.29, 1.82) is 0 Å². The Morgan fingerprint density at radius 3 is 2.08 bits per heavy atom. The number of anilines is 2. The van der Waals surface area contributed by atoms with Gasteiger partial charge in [-0.3, -0.25) is 14.4 Å². The Labute approximate surface area is 290 Å². The van der Waals surface area contributed by atoms with Crippen LogP contribution in [0.25, 0.3) is 6.08 Å². The number of halogens is 2. The molecule has 0 heterocycles. The van der Waals surface area contributed by atoms with Gasteiger partial charge < -0.3 is 21.1 Å². The fraction of sp³-hybridized carbons (Fsp3) is 0.0270. The van der Waals surface area contributed by atoms with Crippen LogP contribution in [0.3, 0.4) is 0 Å². The summed E-state index contributed by atoms with van der Waals surface area (Å²) in [6.07, 6.45) is 1.50. The molecule has 0 fully saturated rings. The summed E-state index contributed by atoms with van der Waals surface area (Å²) in [5, 5.41) is 17.5. The minimum Gasteiger partial charge on any atom is -0.478 e. The van der Waals surface area contributed by atoms with Crippen molar-refractivity contribution < 1.29 is 24.3 Å². The molecule has 0 saturated heterocycles. The zero-order chi connectivity index (χ0) is 34.0. The molecule has 3 amide bonds. The summed E-state index contributed by atoms with van der Waals surface area (Å²) in [5.74, 6) is -2.65. The molecule has 11 heteroatoms. The van der Waals surface area contributed by atoms with Crippen LogP contribution >= 0.6 is 35.0 Å². The summed E-state index contributed by atoms with van der Waals surface area (Å²) in [7, 11) is 0. The minimum absolute atomic E-state index is 0.0232. The van der Waals surface area contributed by atoms with Gasteiger partial charge in [-0.1, -0.05) is 96.0 Å². The van der Waals surface area contributed by atoms with E-state index in [4.69, 9.17) is 23.2 Å². The highest BCUT2D eigenvalue weighted by Crippen LogP contribution is 2.38. The van der Waals surface area contributed by atoms with Crippen molar-refractivity contribution in [1.82, 2.24) is 5.32 Å². The second kappa shape index (κ2) is 16.0. The monoisotopic (exact) mass is 695 g/mol. The van der Waals surface area contributed by atoms with Crippen LogP contribution in [0.2, 0.25) is 10.0 Å². The Balaban J connectivity index is 1.39. The van der Waals surface area contributed by atoms with Gasteiger partial charge in [-0.2, -0.15) is 0 Å². The number of amides is 3. The number of nitrogens with one attached hydrogen (secondary N) is 3. The molecule has 0 saturated carbocycles. The number of hydrogen-bond donors (Lipinski definition) is 4. The highest BCUT2D eigenvalue weighted by Gasteiger charge is 2.24. The van der Waals surface area contributed by atoms with E-state index in [1.807, 2.05) is 6.07 Å². The molecule has 0 radical (unpaired) electrons. The van der Waals surface area contributed by atoms with Crippen molar-refractivity contribution in [2.75, 3.05) is 10.6 Å². The Hall–Kier alpha value is -5.35. The average Bonchev–Trinajstić information content (AvgIpc) is 3.09. The molecule has 5 aromatic carbocycles. The highest BCUT2D eigenvalue weighted by molar-refractivity contribution is 8.00. The van der Waals surface area contributed by atoms with E-state index >= 15 is 0 Å². The Morgan fingerprint density at radius 2 is 1.38 bits per heavy atom. The van der Waals surface area contributed by atoms with Crippen LogP contribution in [-0.4, -0.2) is 28.8 Å². The first-order valence-corrected chi connectivity index (χ1v) is 16.1. The lowest BCUT2D eigenvalue weighted by atomic mass is 10.1. The lowest BCUT2D eigenvalue weighted by molar-refractivity contribution is -0.116. The molecule has 240 valence electrons. The van der Waals surface area contributed by atoms with Gasteiger partial charge in [0.05, 0.1) is 16.3 Å². The largest absolute Gasteiger partial charge is 0.478 e. The Kier molecular flexibility index (Phi) is 11.3. The van der Waals surface area contributed by atoms with Crippen LogP contribution in [0.1, 0.15) is 37.1 Å². The third kappa shape index (κ3) is 8.92. The zero-order valence-electron chi connectivity index (χ0n) is 25.0. The predicted octanol–water partition coefficient (Wildman–Crippen LogP) is 8.57. The van der Waals surface area contributed by atoms with E-state index in [2.05, 4.69) is 16.0 Å². The third-order valence-corrected chi connectivity index (χ3v) is 8.81. The standard InChI is InChI=1S/C37H27Cl2N3O5S/c38-29-17-8-7-14-25(29)20-32(42-34(43)24-12-5-2-6-13-24)35(44)40-27-15-9-16-28(22-27)48-33(23-10-3-1-4-11-23)36(45)41-31-21-26(37(46)47)18-19-30(31)39/h1-22,33H,(H,40,44)(H,41,45)(H,42,43)(H,46,47)/b32-20+. The number of carboxylic acids is 1. The maximum absolute atomic E-state index is 13.7.